The van der Waals surface area contributed by atoms with Crippen molar-refractivity contribution in [1.82, 2.24) is 5.32 Å². The van der Waals surface area contributed by atoms with Crippen LogP contribution in [-0.2, 0) is 14.9 Å². The maximum atomic E-state index is 12.3. The lowest BCUT2D eigenvalue weighted by atomic mass is 9.42. The quantitative estimate of drug-likeness (QED) is 0.395. The van der Waals surface area contributed by atoms with E-state index in [0.717, 1.165) is 42.9 Å². The lowest BCUT2D eigenvalue weighted by Crippen LogP contribution is -2.56. The van der Waals surface area contributed by atoms with Gasteiger partial charge in [0.2, 0.25) is 5.91 Å². The van der Waals surface area contributed by atoms with Crippen LogP contribution in [0.25, 0.3) is 0 Å². The Morgan fingerprint density at radius 3 is 2.40 bits per heavy atom. The van der Waals surface area contributed by atoms with Crippen LogP contribution in [0.1, 0.15) is 98.3 Å². The van der Waals surface area contributed by atoms with Gasteiger partial charge in [0, 0.05) is 13.0 Å². The highest BCUT2D eigenvalue weighted by Crippen LogP contribution is 2.69. The van der Waals surface area contributed by atoms with E-state index in [2.05, 4.69) is 33.0 Å². The summed E-state index contributed by atoms with van der Waals surface area (Å²) in [6.07, 6.45) is 12.0. The third kappa shape index (κ3) is 5.34. The summed E-state index contributed by atoms with van der Waals surface area (Å²) >= 11 is 0. The van der Waals surface area contributed by atoms with Crippen molar-refractivity contribution in [3.8, 4) is 0 Å². The summed E-state index contributed by atoms with van der Waals surface area (Å²) in [4.78, 5) is 12.3. The molecule has 10 atom stereocenters. The van der Waals surface area contributed by atoms with E-state index in [1.807, 2.05) is 0 Å². The maximum absolute atomic E-state index is 12.3. The molecular formula is C28H49NO5S. The fourth-order valence-electron chi connectivity index (χ4n) is 9.88. The summed E-state index contributed by atoms with van der Waals surface area (Å²) < 4.78 is 30.6. The molecule has 0 aromatic heterocycles. The van der Waals surface area contributed by atoms with Crippen LogP contribution in [0.4, 0.5) is 0 Å². The van der Waals surface area contributed by atoms with E-state index >= 15 is 0 Å². The molecule has 0 aliphatic heterocycles. The van der Waals surface area contributed by atoms with Crippen LogP contribution in [0.2, 0.25) is 0 Å². The molecule has 6 nitrogen and oxygen atoms in total. The third-order valence-corrected chi connectivity index (χ3v) is 12.3. The minimum atomic E-state index is -4.04. The zero-order chi connectivity index (χ0) is 25.6. The molecule has 0 aromatic carbocycles. The second-order valence-electron chi connectivity index (χ2n) is 13.2. The van der Waals surface area contributed by atoms with Crippen molar-refractivity contribution >= 4 is 16.0 Å². The van der Waals surface area contributed by atoms with Gasteiger partial charge in [0.05, 0.1) is 11.9 Å². The highest BCUT2D eigenvalue weighted by molar-refractivity contribution is 7.85. The summed E-state index contributed by atoms with van der Waals surface area (Å²) in [7, 11) is -4.04. The molecule has 4 fully saturated rings. The summed E-state index contributed by atoms with van der Waals surface area (Å²) in [5.74, 6) is 4.33. The molecule has 4 saturated carbocycles. The number of rotatable bonds is 8. The Balaban J connectivity index is 1.40. The number of amides is 1. The average molecular weight is 512 g/mol. The monoisotopic (exact) mass is 511 g/mol. The van der Waals surface area contributed by atoms with E-state index in [-0.39, 0.29) is 18.6 Å². The first-order valence-electron chi connectivity index (χ1n) is 14.3. The lowest BCUT2D eigenvalue weighted by molar-refractivity contribution is -0.152. The van der Waals surface area contributed by atoms with Crippen molar-refractivity contribution in [2.75, 3.05) is 12.3 Å². The van der Waals surface area contributed by atoms with Gasteiger partial charge in [-0.3, -0.25) is 9.35 Å². The Hall–Kier alpha value is -0.660. The number of hydrogen-bond acceptors (Lipinski definition) is 4. The minimum absolute atomic E-state index is 0.0340. The SMILES string of the molecule is CC[C@H]1CC2C(CC[C@@]3(C)C2CC[C@@H]3[C@H](C)CCC(=O)NCCS(=O)(=O)O)[C@@]2(C)CC[C@@H](O)CC12. The molecule has 4 rings (SSSR count). The van der Waals surface area contributed by atoms with Gasteiger partial charge in [-0.25, -0.2) is 0 Å². The molecule has 1 amide bonds. The summed E-state index contributed by atoms with van der Waals surface area (Å²) in [6, 6.07) is 0. The number of carbonyl (C=O) groups is 1. The first-order valence-corrected chi connectivity index (χ1v) is 15.9. The van der Waals surface area contributed by atoms with Crippen LogP contribution in [0.5, 0.6) is 0 Å². The van der Waals surface area contributed by atoms with E-state index < -0.39 is 15.9 Å². The van der Waals surface area contributed by atoms with E-state index in [1.54, 1.807) is 0 Å². The van der Waals surface area contributed by atoms with Crippen LogP contribution in [-0.4, -0.2) is 42.4 Å². The Kier molecular flexibility index (Phi) is 8.01. The molecule has 202 valence electrons. The Bertz CT molecular complexity index is 877. The first kappa shape index (κ1) is 27.4. The smallest absolute Gasteiger partial charge is 0.266 e. The number of carbonyl (C=O) groups excluding carboxylic acids is 1. The maximum Gasteiger partial charge on any atom is 0.266 e. The molecule has 7 heteroatoms. The first-order chi connectivity index (χ1) is 16.4. The predicted molar refractivity (Wildman–Crippen MR) is 138 cm³/mol. The molecule has 4 aliphatic rings. The molecule has 0 spiro atoms. The van der Waals surface area contributed by atoms with Crippen LogP contribution >= 0.6 is 0 Å². The second-order valence-corrected chi connectivity index (χ2v) is 14.8. The van der Waals surface area contributed by atoms with Gasteiger partial charge in [-0.05, 0) is 110 Å². The standard InChI is InChI=1S/C28H49NO5S/c1-5-19-16-21-23-8-7-22(18(2)6-9-26(31)29-14-15-35(32,33)34)27(23,3)13-11-24(21)28(4)12-10-20(30)17-25(19)28/h18-25,30H,5-17H2,1-4H3,(H,29,31)(H,32,33,34)/t18-,19+,20-,21?,22-,23?,24?,25?,27-,28-/m1/s1. The van der Waals surface area contributed by atoms with Crippen LogP contribution in [0.3, 0.4) is 0 Å². The van der Waals surface area contributed by atoms with Gasteiger partial charge in [-0.1, -0.05) is 34.1 Å². The van der Waals surface area contributed by atoms with Crippen molar-refractivity contribution in [3.63, 3.8) is 0 Å². The van der Waals surface area contributed by atoms with E-state index in [9.17, 15) is 18.3 Å². The molecule has 35 heavy (non-hydrogen) atoms. The Morgan fingerprint density at radius 2 is 1.71 bits per heavy atom. The van der Waals surface area contributed by atoms with Gasteiger partial charge in [0.1, 0.15) is 0 Å². The van der Waals surface area contributed by atoms with E-state index in [0.29, 0.717) is 35.0 Å². The largest absolute Gasteiger partial charge is 0.393 e. The summed E-state index contributed by atoms with van der Waals surface area (Å²) in [5, 5.41) is 13.1. The van der Waals surface area contributed by atoms with E-state index in [4.69, 9.17) is 4.55 Å². The molecule has 0 bridgehead atoms. The molecule has 4 aliphatic carbocycles. The van der Waals surface area contributed by atoms with Crippen molar-refractivity contribution in [2.24, 2.45) is 52.3 Å². The summed E-state index contributed by atoms with van der Waals surface area (Å²) in [5.41, 5.74) is 0.728. The third-order valence-electron chi connectivity index (χ3n) is 11.6. The van der Waals surface area contributed by atoms with Crippen molar-refractivity contribution in [3.05, 3.63) is 0 Å². The molecular weight excluding hydrogens is 462 g/mol. The molecule has 0 aromatic rings. The zero-order valence-electron chi connectivity index (χ0n) is 22.3. The number of hydrogen-bond donors (Lipinski definition) is 3. The lowest BCUT2D eigenvalue weighted by Gasteiger charge is -2.63. The van der Waals surface area contributed by atoms with Gasteiger partial charge in [-0.2, -0.15) is 8.42 Å². The fraction of sp³-hybridized carbons (Fsp3) is 0.964. The van der Waals surface area contributed by atoms with Crippen LogP contribution < -0.4 is 5.32 Å². The van der Waals surface area contributed by atoms with Crippen molar-refractivity contribution < 1.29 is 22.9 Å². The number of nitrogens with one attached hydrogen (secondary N) is 1. The van der Waals surface area contributed by atoms with E-state index in [1.165, 1.54) is 44.9 Å². The van der Waals surface area contributed by atoms with Gasteiger partial charge in [0.15, 0.2) is 0 Å². The fourth-order valence-corrected chi connectivity index (χ4v) is 10.2. The van der Waals surface area contributed by atoms with Gasteiger partial charge in [-0.15, -0.1) is 0 Å². The van der Waals surface area contributed by atoms with Crippen LogP contribution in [0, 0.1) is 52.3 Å². The van der Waals surface area contributed by atoms with Gasteiger partial charge >= 0.3 is 0 Å². The molecule has 3 N–H and O–H groups in total. The summed E-state index contributed by atoms with van der Waals surface area (Å²) in [6.45, 7) is 9.75. The average Bonchev–Trinajstić information content (AvgIpc) is 3.14. The van der Waals surface area contributed by atoms with Gasteiger partial charge in [0.25, 0.3) is 10.1 Å². The Labute approximate surface area is 213 Å². The number of aliphatic hydroxyl groups excluding tert-OH is 1. The van der Waals surface area contributed by atoms with Crippen molar-refractivity contribution in [2.45, 2.75) is 104 Å². The number of fused-ring (bicyclic) bond motifs is 5. The highest BCUT2D eigenvalue weighted by atomic mass is 32.2. The zero-order valence-corrected chi connectivity index (χ0v) is 23.2. The Morgan fingerprint density at radius 1 is 1.03 bits per heavy atom. The molecule has 0 saturated heterocycles. The van der Waals surface area contributed by atoms with Crippen molar-refractivity contribution in [1.29, 1.82) is 0 Å². The van der Waals surface area contributed by atoms with Crippen LogP contribution in [0.15, 0.2) is 0 Å². The highest BCUT2D eigenvalue weighted by Gasteiger charge is 2.62. The number of aliphatic hydroxyl groups is 1. The predicted octanol–water partition coefficient (Wildman–Crippen LogP) is 5.06. The molecule has 0 heterocycles. The minimum Gasteiger partial charge on any atom is -0.393 e. The molecule has 4 unspecified atom stereocenters. The normalized spacial score (nSPS) is 44.1. The molecule has 0 radical (unpaired) electrons. The van der Waals surface area contributed by atoms with Gasteiger partial charge < -0.3 is 10.4 Å². The topological polar surface area (TPSA) is 104 Å². The second kappa shape index (κ2) is 10.2.